The Labute approximate surface area is 153 Å². The molecule has 2 aromatic heterocycles. The first-order valence-electron chi connectivity index (χ1n) is 8.02. The maximum absolute atomic E-state index is 12.9. The molecule has 0 aliphatic rings. The van der Waals surface area contributed by atoms with Crippen molar-refractivity contribution in [1.29, 1.82) is 0 Å². The third kappa shape index (κ3) is 4.20. The highest BCUT2D eigenvalue weighted by atomic mass is 32.1. The molecule has 1 atom stereocenters. The number of halogens is 2. The van der Waals surface area contributed by atoms with Crippen molar-refractivity contribution in [2.24, 2.45) is 0 Å². The molecule has 136 valence electrons. The molecule has 3 aromatic rings. The SMILES string of the molecule is C[C@@H](c1nccs1)N(C)Cc1cccc(-c2nc(C(F)F)cc(=O)[nH]2)c1. The molecule has 0 fully saturated rings. The number of nitrogens with one attached hydrogen (secondary N) is 1. The van der Waals surface area contributed by atoms with Gasteiger partial charge in [-0.1, -0.05) is 18.2 Å². The lowest BCUT2D eigenvalue weighted by molar-refractivity contribution is 0.146. The molecule has 0 amide bonds. The molecule has 1 aromatic carbocycles. The number of alkyl halides is 2. The quantitative estimate of drug-likeness (QED) is 0.706. The maximum atomic E-state index is 12.9. The molecular weight excluding hydrogens is 358 g/mol. The van der Waals surface area contributed by atoms with Gasteiger partial charge in [-0.15, -0.1) is 11.3 Å². The molecule has 0 aliphatic heterocycles. The Morgan fingerprint density at radius 1 is 1.31 bits per heavy atom. The van der Waals surface area contributed by atoms with Crippen LogP contribution >= 0.6 is 11.3 Å². The van der Waals surface area contributed by atoms with Crippen molar-refractivity contribution >= 4 is 11.3 Å². The summed E-state index contributed by atoms with van der Waals surface area (Å²) in [6, 6.07) is 8.32. The number of hydrogen-bond donors (Lipinski definition) is 1. The third-order valence-electron chi connectivity index (χ3n) is 4.09. The van der Waals surface area contributed by atoms with Gasteiger partial charge in [-0.2, -0.15) is 0 Å². The van der Waals surface area contributed by atoms with Crippen LogP contribution in [0, 0.1) is 0 Å². The Kier molecular flexibility index (Phi) is 5.53. The molecule has 8 heteroatoms. The molecule has 0 saturated heterocycles. The van der Waals surface area contributed by atoms with E-state index in [9.17, 15) is 13.6 Å². The minimum atomic E-state index is -2.79. The second-order valence-corrected chi connectivity index (χ2v) is 6.91. The molecule has 0 spiro atoms. The standard InChI is InChI=1S/C18H18F2N4OS/c1-11(18-21-6-7-26-18)24(2)10-12-4-3-5-13(8-12)17-22-14(16(19)20)9-15(25)23-17/h3-9,11,16H,10H2,1-2H3,(H,22,23,25)/t11-/m0/s1. The lowest BCUT2D eigenvalue weighted by atomic mass is 10.1. The predicted octanol–water partition coefficient (Wildman–Crippen LogP) is 4.02. The van der Waals surface area contributed by atoms with Gasteiger partial charge in [-0.25, -0.2) is 18.7 Å². The van der Waals surface area contributed by atoms with Gasteiger partial charge in [0.2, 0.25) is 0 Å². The van der Waals surface area contributed by atoms with Gasteiger partial charge in [0, 0.05) is 29.8 Å². The fourth-order valence-electron chi connectivity index (χ4n) is 2.60. The normalized spacial score (nSPS) is 12.7. The minimum absolute atomic E-state index is 0.144. The summed E-state index contributed by atoms with van der Waals surface area (Å²) < 4.78 is 25.8. The topological polar surface area (TPSA) is 61.9 Å². The van der Waals surface area contributed by atoms with Crippen molar-refractivity contribution < 1.29 is 8.78 Å². The molecular formula is C18H18F2N4OS. The first-order valence-corrected chi connectivity index (χ1v) is 8.90. The lowest BCUT2D eigenvalue weighted by Gasteiger charge is -2.23. The van der Waals surface area contributed by atoms with E-state index >= 15 is 0 Å². The van der Waals surface area contributed by atoms with Gasteiger partial charge in [-0.05, 0) is 25.6 Å². The van der Waals surface area contributed by atoms with Crippen molar-refractivity contribution in [2.75, 3.05) is 7.05 Å². The Balaban J connectivity index is 1.84. The summed E-state index contributed by atoms with van der Waals surface area (Å²) in [5.41, 5.74) is 0.463. The molecule has 2 heterocycles. The van der Waals surface area contributed by atoms with E-state index in [0.29, 0.717) is 12.1 Å². The maximum Gasteiger partial charge on any atom is 0.280 e. The fraction of sp³-hybridized carbons (Fsp3) is 0.278. The molecule has 26 heavy (non-hydrogen) atoms. The first-order chi connectivity index (χ1) is 12.4. The van der Waals surface area contributed by atoms with Crippen LogP contribution in [0.25, 0.3) is 11.4 Å². The van der Waals surface area contributed by atoms with E-state index in [1.165, 1.54) is 0 Å². The van der Waals surface area contributed by atoms with Crippen molar-refractivity contribution in [3.63, 3.8) is 0 Å². The molecule has 5 nitrogen and oxygen atoms in total. The lowest BCUT2D eigenvalue weighted by Crippen LogP contribution is -2.21. The average molecular weight is 376 g/mol. The van der Waals surface area contributed by atoms with E-state index in [4.69, 9.17) is 0 Å². The molecule has 0 unspecified atom stereocenters. The van der Waals surface area contributed by atoms with E-state index in [0.717, 1.165) is 16.6 Å². The van der Waals surface area contributed by atoms with Crippen LogP contribution in [0.15, 0.2) is 46.7 Å². The van der Waals surface area contributed by atoms with Gasteiger partial charge in [0.15, 0.2) is 0 Å². The van der Waals surface area contributed by atoms with E-state index < -0.39 is 17.7 Å². The summed E-state index contributed by atoms with van der Waals surface area (Å²) in [7, 11) is 2.00. The summed E-state index contributed by atoms with van der Waals surface area (Å²) in [6.07, 6.45) is -1.01. The Morgan fingerprint density at radius 2 is 2.12 bits per heavy atom. The van der Waals surface area contributed by atoms with Gasteiger partial charge >= 0.3 is 0 Å². The molecule has 0 aliphatic carbocycles. The van der Waals surface area contributed by atoms with Crippen molar-refractivity contribution in [2.45, 2.75) is 25.9 Å². The number of benzene rings is 1. The van der Waals surface area contributed by atoms with Gasteiger partial charge in [0.25, 0.3) is 12.0 Å². The first kappa shape index (κ1) is 18.3. The zero-order valence-electron chi connectivity index (χ0n) is 14.3. The van der Waals surface area contributed by atoms with Gasteiger partial charge in [0.1, 0.15) is 16.5 Å². The van der Waals surface area contributed by atoms with E-state index in [-0.39, 0.29) is 11.9 Å². The molecule has 0 saturated carbocycles. The average Bonchev–Trinajstić information content (AvgIpc) is 3.15. The van der Waals surface area contributed by atoms with E-state index in [1.807, 2.05) is 30.6 Å². The second kappa shape index (κ2) is 7.84. The number of thiazole rings is 1. The molecule has 0 bridgehead atoms. The van der Waals surface area contributed by atoms with Gasteiger partial charge in [0.05, 0.1) is 6.04 Å². The molecule has 3 rings (SSSR count). The van der Waals surface area contributed by atoms with Crippen LogP contribution in [-0.2, 0) is 6.54 Å². The number of H-pyrrole nitrogens is 1. The smallest absolute Gasteiger partial charge is 0.280 e. The van der Waals surface area contributed by atoms with Crippen LogP contribution < -0.4 is 5.56 Å². The summed E-state index contributed by atoms with van der Waals surface area (Å²) >= 11 is 1.60. The molecule has 0 radical (unpaired) electrons. The Bertz CT molecular complexity index is 927. The predicted molar refractivity (Wildman–Crippen MR) is 97.2 cm³/mol. The van der Waals surface area contributed by atoms with Crippen molar-refractivity contribution in [3.05, 3.63) is 68.5 Å². The van der Waals surface area contributed by atoms with Crippen LogP contribution in [0.4, 0.5) is 8.78 Å². The number of aromatic amines is 1. The highest BCUT2D eigenvalue weighted by Gasteiger charge is 2.15. The zero-order valence-corrected chi connectivity index (χ0v) is 15.1. The fourth-order valence-corrected chi connectivity index (χ4v) is 3.36. The number of nitrogens with zero attached hydrogens (tertiary/aromatic N) is 3. The summed E-state index contributed by atoms with van der Waals surface area (Å²) in [5, 5.41) is 2.97. The minimum Gasteiger partial charge on any atom is -0.307 e. The Hall–Kier alpha value is -2.45. The van der Waals surface area contributed by atoms with Gasteiger partial charge < -0.3 is 4.98 Å². The van der Waals surface area contributed by atoms with Crippen molar-refractivity contribution in [1.82, 2.24) is 19.9 Å². The Morgan fingerprint density at radius 3 is 2.81 bits per heavy atom. The van der Waals surface area contributed by atoms with E-state index in [2.05, 4.69) is 26.8 Å². The van der Waals surface area contributed by atoms with Crippen LogP contribution in [-0.4, -0.2) is 26.9 Å². The highest BCUT2D eigenvalue weighted by Crippen LogP contribution is 2.24. The highest BCUT2D eigenvalue weighted by molar-refractivity contribution is 7.09. The summed E-state index contributed by atoms with van der Waals surface area (Å²) in [6.45, 7) is 2.72. The van der Waals surface area contributed by atoms with Crippen molar-refractivity contribution in [3.8, 4) is 11.4 Å². The number of hydrogen-bond acceptors (Lipinski definition) is 5. The monoisotopic (exact) mass is 376 g/mol. The summed E-state index contributed by atoms with van der Waals surface area (Å²) in [4.78, 5) is 24.5. The zero-order chi connectivity index (χ0) is 18.7. The number of aromatic nitrogens is 3. The van der Waals surface area contributed by atoms with Crippen LogP contribution in [0.1, 0.15) is 35.7 Å². The third-order valence-corrected chi connectivity index (χ3v) is 5.03. The van der Waals surface area contributed by atoms with Crippen LogP contribution in [0.5, 0.6) is 0 Å². The summed E-state index contributed by atoms with van der Waals surface area (Å²) in [5.74, 6) is 0.144. The van der Waals surface area contributed by atoms with Crippen LogP contribution in [0.3, 0.4) is 0 Å². The number of rotatable bonds is 6. The van der Waals surface area contributed by atoms with Crippen LogP contribution in [0.2, 0.25) is 0 Å². The van der Waals surface area contributed by atoms with Gasteiger partial charge in [-0.3, -0.25) is 9.69 Å². The molecule has 1 N–H and O–H groups in total. The largest absolute Gasteiger partial charge is 0.307 e. The van der Waals surface area contributed by atoms with E-state index in [1.54, 1.807) is 23.6 Å². The second-order valence-electron chi connectivity index (χ2n) is 5.98.